The molecule has 0 saturated heterocycles. The number of anilines is 1. The van der Waals surface area contributed by atoms with Gasteiger partial charge >= 0.3 is 0 Å². The molecule has 0 spiro atoms. The predicted molar refractivity (Wildman–Crippen MR) is 83.6 cm³/mol. The van der Waals surface area contributed by atoms with Gasteiger partial charge in [0.25, 0.3) is 0 Å². The minimum absolute atomic E-state index is 0.509. The summed E-state index contributed by atoms with van der Waals surface area (Å²) in [4.78, 5) is 8.83. The van der Waals surface area contributed by atoms with Crippen molar-refractivity contribution in [3.8, 4) is 17.0 Å². The maximum absolute atomic E-state index is 5.74. The van der Waals surface area contributed by atoms with Crippen molar-refractivity contribution in [1.29, 1.82) is 0 Å². The van der Waals surface area contributed by atoms with Crippen LogP contribution in [0.2, 0.25) is 0 Å². The summed E-state index contributed by atoms with van der Waals surface area (Å²) in [6.07, 6.45) is 4.52. The summed E-state index contributed by atoms with van der Waals surface area (Å²) in [6.45, 7) is 4.06. The number of hydrogen-bond acceptors (Lipinski definition) is 5. The van der Waals surface area contributed by atoms with E-state index in [1.807, 2.05) is 24.3 Å². The molecule has 0 aliphatic carbocycles. The molecule has 112 valence electrons. The van der Waals surface area contributed by atoms with Crippen LogP contribution in [0.5, 0.6) is 5.75 Å². The zero-order valence-corrected chi connectivity index (χ0v) is 12.5. The summed E-state index contributed by atoms with van der Waals surface area (Å²) >= 11 is 0. The molecule has 0 atom stereocenters. The second-order valence-corrected chi connectivity index (χ2v) is 4.55. The Morgan fingerprint density at radius 1 is 1.14 bits per heavy atom. The van der Waals surface area contributed by atoms with Gasteiger partial charge in [0.15, 0.2) is 0 Å². The molecule has 2 rings (SSSR count). The fourth-order valence-corrected chi connectivity index (χ4v) is 1.87. The van der Waals surface area contributed by atoms with E-state index in [4.69, 9.17) is 9.47 Å². The Morgan fingerprint density at radius 3 is 2.81 bits per heavy atom. The number of para-hydroxylation sites is 1. The van der Waals surface area contributed by atoms with Gasteiger partial charge in [-0.1, -0.05) is 19.1 Å². The zero-order chi connectivity index (χ0) is 14.9. The Hall–Kier alpha value is -2.14. The van der Waals surface area contributed by atoms with Crippen molar-refractivity contribution in [3.05, 3.63) is 36.7 Å². The van der Waals surface area contributed by atoms with Crippen LogP contribution in [0.4, 0.5) is 5.82 Å². The van der Waals surface area contributed by atoms with E-state index in [-0.39, 0.29) is 0 Å². The first-order chi connectivity index (χ1) is 10.3. The average molecular weight is 287 g/mol. The third kappa shape index (κ3) is 4.43. The summed E-state index contributed by atoms with van der Waals surface area (Å²) in [6, 6.07) is 7.82. The van der Waals surface area contributed by atoms with Crippen molar-refractivity contribution < 1.29 is 9.47 Å². The highest BCUT2D eigenvalue weighted by Gasteiger charge is 2.08. The van der Waals surface area contributed by atoms with Crippen LogP contribution in [0.1, 0.15) is 13.3 Å². The van der Waals surface area contributed by atoms with Crippen molar-refractivity contribution in [3.63, 3.8) is 0 Å². The third-order valence-corrected chi connectivity index (χ3v) is 2.90. The van der Waals surface area contributed by atoms with Gasteiger partial charge in [-0.25, -0.2) is 4.98 Å². The van der Waals surface area contributed by atoms with Crippen molar-refractivity contribution >= 4 is 5.82 Å². The molecule has 5 nitrogen and oxygen atoms in total. The molecule has 1 N–H and O–H groups in total. The average Bonchev–Trinajstić information content (AvgIpc) is 2.54. The van der Waals surface area contributed by atoms with Crippen LogP contribution in [0.25, 0.3) is 11.3 Å². The van der Waals surface area contributed by atoms with Gasteiger partial charge in [0.1, 0.15) is 18.2 Å². The lowest BCUT2D eigenvalue weighted by atomic mass is 10.1. The summed E-state index contributed by atoms with van der Waals surface area (Å²) < 4.78 is 10.7. The molecule has 0 amide bonds. The monoisotopic (exact) mass is 287 g/mol. The second-order valence-electron chi connectivity index (χ2n) is 4.55. The minimum atomic E-state index is 0.509. The first kappa shape index (κ1) is 15.3. The van der Waals surface area contributed by atoms with Crippen molar-refractivity contribution in [2.75, 3.05) is 32.2 Å². The molecule has 1 heterocycles. The van der Waals surface area contributed by atoms with Gasteiger partial charge in [-0.2, -0.15) is 0 Å². The highest BCUT2D eigenvalue weighted by molar-refractivity contribution is 5.67. The molecule has 0 aliphatic rings. The van der Waals surface area contributed by atoms with Gasteiger partial charge in [-0.05, 0) is 18.6 Å². The van der Waals surface area contributed by atoms with Crippen LogP contribution >= 0.6 is 0 Å². The fraction of sp³-hybridized carbons (Fsp3) is 0.375. The molecule has 0 radical (unpaired) electrons. The first-order valence-electron chi connectivity index (χ1n) is 7.12. The SMILES string of the molecule is CCCNc1cncc(-c2ccccc2OCCOC)n1. The van der Waals surface area contributed by atoms with Crippen LogP contribution in [0, 0.1) is 0 Å². The number of nitrogens with zero attached hydrogens (tertiary/aromatic N) is 2. The van der Waals surface area contributed by atoms with Gasteiger partial charge in [0.05, 0.1) is 24.7 Å². The van der Waals surface area contributed by atoms with E-state index < -0.39 is 0 Å². The van der Waals surface area contributed by atoms with Gasteiger partial charge in [0, 0.05) is 19.2 Å². The van der Waals surface area contributed by atoms with Gasteiger partial charge in [0.2, 0.25) is 0 Å². The van der Waals surface area contributed by atoms with E-state index in [1.165, 1.54) is 0 Å². The Bertz CT molecular complexity index is 561. The first-order valence-corrected chi connectivity index (χ1v) is 7.12. The lowest BCUT2D eigenvalue weighted by molar-refractivity contribution is 0.146. The lowest BCUT2D eigenvalue weighted by Gasteiger charge is -2.11. The van der Waals surface area contributed by atoms with E-state index in [9.17, 15) is 0 Å². The maximum atomic E-state index is 5.74. The van der Waals surface area contributed by atoms with E-state index in [0.717, 1.165) is 35.8 Å². The van der Waals surface area contributed by atoms with Gasteiger partial charge < -0.3 is 14.8 Å². The topological polar surface area (TPSA) is 56.3 Å². The van der Waals surface area contributed by atoms with Crippen molar-refractivity contribution in [1.82, 2.24) is 9.97 Å². The van der Waals surface area contributed by atoms with Crippen molar-refractivity contribution in [2.45, 2.75) is 13.3 Å². The highest BCUT2D eigenvalue weighted by Crippen LogP contribution is 2.28. The zero-order valence-electron chi connectivity index (χ0n) is 12.5. The molecule has 2 aromatic rings. The summed E-state index contributed by atoms with van der Waals surface area (Å²) in [5, 5.41) is 3.24. The van der Waals surface area contributed by atoms with E-state index in [2.05, 4.69) is 22.2 Å². The molecule has 0 unspecified atom stereocenters. The number of benzene rings is 1. The van der Waals surface area contributed by atoms with Crippen LogP contribution in [0.15, 0.2) is 36.7 Å². The van der Waals surface area contributed by atoms with E-state index in [1.54, 1.807) is 19.5 Å². The Morgan fingerprint density at radius 2 is 2.00 bits per heavy atom. The molecular formula is C16H21N3O2. The van der Waals surface area contributed by atoms with Gasteiger partial charge in [-0.3, -0.25) is 4.98 Å². The molecule has 0 fully saturated rings. The molecule has 5 heteroatoms. The largest absolute Gasteiger partial charge is 0.490 e. The molecule has 0 saturated carbocycles. The Labute approximate surface area is 125 Å². The molecule has 0 bridgehead atoms. The normalized spacial score (nSPS) is 10.4. The third-order valence-electron chi connectivity index (χ3n) is 2.90. The van der Waals surface area contributed by atoms with E-state index >= 15 is 0 Å². The van der Waals surface area contributed by atoms with E-state index in [0.29, 0.717) is 13.2 Å². The summed E-state index contributed by atoms with van der Waals surface area (Å²) in [5.41, 5.74) is 1.73. The number of rotatable bonds is 8. The Kier molecular flexibility index (Phi) is 5.97. The quantitative estimate of drug-likeness (QED) is 0.756. The Balaban J connectivity index is 2.20. The number of methoxy groups -OCH3 is 1. The molecule has 21 heavy (non-hydrogen) atoms. The number of hydrogen-bond donors (Lipinski definition) is 1. The number of nitrogens with one attached hydrogen (secondary N) is 1. The minimum Gasteiger partial charge on any atom is -0.490 e. The van der Waals surface area contributed by atoms with Crippen LogP contribution < -0.4 is 10.1 Å². The standard InChI is InChI=1S/C16H21N3O2/c1-3-8-18-16-12-17-11-14(19-16)13-6-4-5-7-15(13)21-10-9-20-2/h4-7,11-12H,3,8-10H2,1-2H3,(H,18,19). The smallest absolute Gasteiger partial charge is 0.145 e. The maximum Gasteiger partial charge on any atom is 0.145 e. The summed E-state index contributed by atoms with van der Waals surface area (Å²) in [7, 11) is 1.66. The highest BCUT2D eigenvalue weighted by atomic mass is 16.5. The molecule has 1 aromatic heterocycles. The van der Waals surface area contributed by atoms with Crippen LogP contribution in [-0.4, -0.2) is 36.8 Å². The summed E-state index contributed by atoms with van der Waals surface area (Å²) in [5.74, 6) is 1.57. The molecular weight excluding hydrogens is 266 g/mol. The molecule has 1 aromatic carbocycles. The van der Waals surface area contributed by atoms with Gasteiger partial charge in [-0.15, -0.1) is 0 Å². The predicted octanol–water partition coefficient (Wildman–Crippen LogP) is 2.99. The molecule has 0 aliphatic heterocycles. The van der Waals surface area contributed by atoms with Crippen LogP contribution in [-0.2, 0) is 4.74 Å². The fourth-order valence-electron chi connectivity index (χ4n) is 1.87. The number of ether oxygens (including phenoxy) is 2. The second kappa shape index (κ2) is 8.21. The lowest BCUT2D eigenvalue weighted by Crippen LogP contribution is -2.06. The van der Waals surface area contributed by atoms with Crippen molar-refractivity contribution in [2.24, 2.45) is 0 Å². The van der Waals surface area contributed by atoms with Crippen LogP contribution in [0.3, 0.4) is 0 Å². The number of aromatic nitrogens is 2.